The zero-order valence-electron chi connectivity index (χ0n) is 14.4. The molecule has 0 aliphatic carbocycles. The van der Waals surface area contributed by atoms with Crippen LogP contribution in [0, 0.1) is 0 Å². The highest BCUT2D eigenvalue weighted by molar-refractivity contribution is 5.60. The third kappa shape index (κ3) is 3.41. The monoisotopic (exact) mass is 337 g/mol. The predicted octanol–water partition coefficient (Wildman–Crippen LogP) is 1.92. The predicted molar refractivity (Wildman–Crippen MR) is 97.5 cm³/mol. The molecule has 4 heterocycles. The number of anilines is 1. The number of morpholine rings is 1. The molecule has 0 N–H and O–H groups in total. The molecule has 2 aliphatic rings. The van der Waals surface area contributed by atoms with E-state index < -0.39 is 0 Å². The summed E-state index contributed by atoms with van der Waals surface area (Å²) in [4.78, 5) is 18.7. The molecule has 130 valence electrons. The Balaban J connectivity index is 1.76. The van der Waals surface area contributed by atoms with Crippen molar-refractivity contribution in [2.45, 2.75) is 13.0 Å². The quantitative estimate of drug-likeness (QED) is 0.795. The molecule has 0 spiro atoms. The fourth-order valence-corrected chi connectivity index (χ4v) is 3.46. The highest BCUT2D eigenvalue weighted by Gasteiger charge is 2.26. The minimum atomic E-state index is 0.750. The van der Waals surface area contributed by atoms with E-state index in [1.807, 2.05) is 18.2 Å². The fraction of sp³-hybridized carbons (Fsp3) is 0.421. The van der Waals surface area contributed by atoms with E-state index in [-0.39, 0.29) is 0 Å². The van der Waals surface area contributed by atoms with E-state index in [0.29, 0.717) is 0 Å². The van der Waals surface area contributed by atoms with Gasteiger partial charge in [0.05, 0.1) is 18.9 Å². The lowest BCUT2D eigenvalue weighted by Crippen LogP contribution is -2.39. The molecule has 0 radical (unpaired) electrons. The number of nitrogens with zero attached hydrogens (tertiary/aromatic N) is 5. The van der Waals surface area contributed by atoms with Crippen molar-refractivity contribution in [1.82, 2.24) is 19.9 Å². The van der Waals surface area contributed by atoms with Crippen molar-refractivity contribution >= 4 is 5.82 Å². The maximum atomic E-state index is 5.52. The molecule has 2 aromatic heterocycles. The lowest BCUT2D eigenvalue weighted by Gasteiger charge is -2.34. The van der Waals surface area contributed by atoms with Gasteiger partial charge in [0.25, 0.3) is 0 Å². The molecule has 2 aromatic rings. The molecule has 6 nitrogen and oxygen atoms in total. The SMILES string of the molecule is C=CCN1CCc2nc(-c3ccncc3)nc(N3CCOCC3)c2C1. The molecule has 0 unspecified atom stereocenters. The van der Waals surface area contributed by atoms with Crippen LogP contribution < -0.4 is 4.90 Å². The Morgan fingerprint density at radius 2 is 1.92 bits per heavy atom. The summed E-state index contributed by atoms with van der Waals surface area (Å²) >= 11 is 0. The second kappa shape index (κ2) is 7.29. The van der Waals surface area contributed by atoms with Gasteiger partial charge in [-0.1, -0.05) is 6.08 Å². The summed E-state index contributed by atoms with van der Waals surface area (Å²) in [6.45, 7) is 9.91. The maximum absolute atomic E-state index is 5.52. The average molecular weight is 337 g/mol. The first-order valence-corrected chi connectivity index (χ1v) is 8.81. The highest BCUT2D eigenvalue weighted by Crippen LogP contribution is 2.30. The number of hydrogen-bond donors (Lipinski definition) is 0. The second-order valence-electron chi connectivity index (χ2n) is 6.41. The number of aromatic nitrogens is 3. The van der Waals surface area contributed by atoms with Gasteiger partial charge in [0.15, 0.2) is 5.82 Å². The Morgan fingerprint density at radius 1 is 1.12 bits per heavy atom. The van der Waals surface area contributed by atoms with E-state index in [4.69, 9.17) is 14.7 Å². The van der Waals surface area contributed by atoms with Crippen molar-refractivity contribution in [2.75, 3.05) is 44.3 Å². The van der Waals surface area contributed by atoms with Crippen LogP contribution in [-0.4, -0.2) is 59.2 Å². The van der Waals surface area contributed by atoms with E-state index in [0.717, 1.165) is 69.6 Å². The van der Waals surface area contributed by atoms with Gasteiger partial charge in [-0.25, -0.2) is 9.97 Å². The van der Waals surface area contributed by atoms with Crippen LogP contribution in [-0.2, 0) is 17.7 Å². The molecule has 2 aliphatic heterocycles. The van der Waals surface area contributed by atoms with Crippen LogP contribution in [0.1, 0.15) is 11.3 Å². The molecule has 0 bridgehead atoms. The summed E-state index contributed by atoms with van der Waals surface area (Å²) in [5.41, 5.74) is 3.44. The fourth-order valence-electron chi connectivity index (χ4n) is 3.46. The minimum Gasteiger partial charge on any atom is -0.378 e. The smallest absolute Gasteiger partial charge is 0.161 e. The van der Waals surface area contributed by atoms with Crippen molar-refractivity contribution in [3.8, 4) is 11.4 Å². The third-order valence-corrected chi connectivity index (χ3v) is 4.75. The van der Waals surface area contributed by atoms with E-state index in [9.17, 15) is 0 Å². The van der Waals surface area contributed by atoms with Gasteiger partial charge in [0.2, 0.25) is 0 Å². The van der Waals surface area contributed by atoms with Crippen LogP contribution >= 0.6 is 0 Å². The van der Waals surface area contributed by atoms with E-state index in [1.54, 1.807) is 12.4 Å². The molecule has 0 saturated carbocycles. The van der Waals surface area contributed by atoms with Gasteiger partial charge in [0.1, 0.15) is 5.82 Å². The summed E-state index contributed by atoms with van der Waals surface area (Å²) < 4.78 is 5.52. The first-order valence-electron chi connectivity index (χ1n) is 8.81. The van der Waals surface area contributed by atoms with Gasteiger partial charge in [-0.2, -0.15) is 0 Å². The molecule has 1 fully saturated rings. The summed E-state index contributed by atoms with van der Waals surface area (Å²) in [5, 5.41) is 0. The number of pyridine rings is 1. The third-order valence-electron chi connectivity index (χ3n) is 4.75. The van der Waals surface area contributed by atoms with Crippen molar-refractivity contribution < 1.29 is 4.74 Å². The Labute approximate surface area is 148 Å². The zero-order valence-corrected chi connectivity index (χ0v) is 14.4. The number of fused-ring (bicyclic) bond motifs is 1. The first-order chi connectivity index (χ1) is 12.3. The number of ether oxygens (including phenoxy) is 1. The molecule has 6 heteroatoms. The van der Waals surface area contributed by atoms with E-state index in [1.165, 1.54) is 11.3 Å². The molecule has 4 rings (SSSR count). The van der Waals surface area contributed by atoms with Crippen molar-refractivity contribution in [3.63, 3.8) is 0 Å². The molecule has 0 amide bonds. The van der Waals surface area contributed by atoms with Crippen LogP contribution in [0.5, 0.6) is 0 Å². The zero-order chi connectivity index (χ0) is 17.1. The molecule has 25 heavy (non-hydrogen) atoms. The van der Waals surface area contributed by atoms with Gasteiger partial charge in [-0.05, 0) is 12.1 Å². The van der Waals surface area contributed by atoms with Crippen LogP contribution in [0.2, 0.25) is 0 Å². The van der Waals surface area contributed by atoms with E-state index >= 15 is 0 Å². The molecular formula is C19H23N5O. The number of hydrogen-bond acceptors (Lipinski definition) is 6. The molecule has 0 aromatic carbocycles. The first kappa shape index (κ1) is 16.2. The van der Waals surface area contributed by atoms with Gasteiger partial charge in [0, 0.05) is 62.7 Å². The summed E-state index contributed by atoms with van der Waals surface area (Å²) in [6.07, 6.45) is 6.49. The normalized spacial score (nSPS) is 18.0. The Hall–Kier alpha value is -2.31. The van der Waals surface area contributed by atoms with Gasteiger partial charge in [-0.15, -0.1) is 6.58 Å². The topological polar surface area (TPSA) is 54.4 Å². The average Bonchev–Trinajstić information content (AvgIpc) is 2.69. The Morgan fingerprint density at radius 3 is 2.68 bits per heavy atom. The van der Waals surface area contributed by atoms with Gasteiger partial charge >= 0.3 is 0 Å². The van der Waals surface area contributed by atoms with Gasteiger partial charge < -0.3 is 9.64 Å². The molecule has 0 atom stereocenters. The highest BCUT2D eigenvalue weighted by atomic mass is 16.5. The maximum Gasteiger partial charge on any atom is 0.161 e. The summed E-state index contributed by atoms with van der Waals surface area (Å²) in [7, 11) is 0. The lowest BCUT2D eigenvalue weighted by atomic mass is 10.0. The lowest BCUT2D eigenvalue weighted by molar-refractivity contribution is 0.122. The minimum absolute atomic E-state index is 0.750. The summed E-state index contributed by atoms with van der Waals surface area (Å²) in [6, 6.07) is 3.94. The standard InChI is InChI=1S/C19H23N5O/c1-2-8-23-9-5-17-16(14-23)19(24-10-12-25-13-11-24)22-18(21-17)15-3-6-20-7-4-15/h2-4,6-7H,1,5,8-14H2. The Kier molecular flexibility index (Phi) is 4.72. The van der Waals surface area contributed by atoms with Crippen LogP contribution in [0.3, 0.4) is 0 Å². The summed E-state index contributed by atoms with van der Waals surface area (Å²) in [5.74, 6) is 1.86. The molecule has 1 saturated heterocycles. The van der Waals surface area contributed by atoms with Crippen molar-refractivity contribution in [2.24, 2.45) is 0 Å². The van der Waals surface area contributed by atoms with Crippen LogP contribution in [0.25, 0.3) is 11.4 Å². The Bertz CT molecular complexity index is 743. The van der Waals surface area contributed by atoms with Crippen molar-refractivity contribution in [3.05, 3.63) is 48.4 Å². The molecular weight excluding hydrogens is 314 g/mol. The van der Waals surface area contributed by atoms with E-state index in [2.05, 4.69) is 21.4 Å². The van der Waals surface area contributed by atoms with Crippen molar-refractivity contribution in [1.29, 1.82) is 0 Å². The number of rotatable bonds is 4. The van der Waals surface area contributed by atoms with Crippen LogP contribution in [0.4, 0.5) is 5.82 Å². The van der Waals surface area contributed by atoms with Gasteiger partial charge in [-0.3, -0.25) is 9.88 Å². The largest absolute Gasteiger partial charge is 0.378 e. The second-order valence-corrected chi connectivity index (χ2v) is 6.41. The van der Waals surface area contributed by atoms with Crippen LogP contribution in [0.15, 0.2) is 37.2 Å².